The number of hydrogen-bond acceptors (Lipinski definition) is 1. The minimum Gasteiger partial charge on any atom is -0.314 e. The first-order chi connectivity index (χ1) is 8.20. The number of aryl methyl sites for hydroxylation is 2. The molecule has 1 N–H and O–H groups in total. The van der Waals surface area contributed by atoms with Gasteiger partial charge in [-0.1, -0.05) is 31.5 Å². The molecule has 0 saturated heterocycles. The maximum absolute atomic E-state index is 3.61. The summed E-state index contributed by atoms with van der Waals surface area (Å²) < 4.78 is 0. The molecule has 17 heavy (non-hydrogen) atoms. The first kappa shape index (κ1) is 12.6. The predicted octanol–water partition coefficient (Wildman–Crippen LogP) is 3.94. The van der Waals surface area contributed by atoms with Crippen LogP contribution in [0.2, 0.25) is 0 Å². The van der Waals surface area contributed by atoms with Crippen LogP contribution < -0.4 is 5.32 Å². The summed E-state index contributed by atoms with van der Waals surface area (Å²) in [6, 6.07) is 7.75. The predicted molar refractivity (Wildman–Crippen MR) is 74.6 cm³/mol. The van der Waals surface area contributed by atoms with Gasteiger partial charge >= 0.3 is 0 Å². The van der Waals surface area contributed by atoms with Crippen LogP contribution in [-0.4, -0.2) is 12.6 Å². The summed E-state index contributed by atoms with van der Waals surface area (Å²) in [5.74, 6) is 0.770. The van der Waals surface area contributed by atoms with Gasteiger partial charge in [0, 0.05) is 6.04 Å². The molecule has 1 aliphatic carbocycles. The Kier molecular flexibility index (Phi) is 4.22. The smallest absolute Gasteiger partial charge is 0.00727 e. The van der Waals surface area contributed by atoms with Crippen molar-refractivity contribution in [3.05, 3.63) is 34.9 Å². The maximum atomic E-state index is 3.61. The van der Waals surface area contributed by atoms with Gasteiger partial charge < -0.3 is 5.32 Å². The van der Waals surface area contributed by atoms with Crippen LogP contribution in [0, 0.1) is 13.8 Å². The Balaban J connectivity index is 2.08. The van der Waals surface area contributed by atoms with Crippen molar-refractivity contribution in [1.29, 1.82) is 0 Å². The summed E-state index contributed by atoms with van der Waals surface area (Å²) in [5, 5.41) is 3.61. The second-order valence-corrected chi connectivity index (χ2v) is 5.46. The molecule has 0 heterocycles. The largest absolute Gasteiger partial charge is 0.314 e. The number of nitrogens with one attached hydrogen (secondary N) is 1. The number of rotatable bonds is 3. The number of hydrogen-bond donors (Lipinski definition) is 1. The molecule has 2 rings (SSSR count). The Morgan fingerprint density at radius 1 is 1.18 bits per heavy atom. The molecule has 0 aliphatic heterocycles. The molecule has 1 aromatic carbocycles. The Morgan fingerprint density at radius 2 is 2.00 bits per heavy atom. The summed E-state index contributed by atoms with van der Waals surface area (Å²) in [6.45, 7) is 7.73. The van der Waals surface area contributed by atoms with Crippen molar-refractivity contribution < 1.29 is 0 Å². The van der Waals surface area contributed by atoms with Gasteiger partial charge in [-0.25, -0.2) is 0 Å². The van der Waals surface area contributed by atoms with Crippen LogP contribution in [0.25, 0.3) is 0 Å². The molecular formula is C16H25N. The average molecular weight is 231 g/mol. The molecule has 2 unspecified atom stereocenters. The normalized spacial score (nSPS) is 24.9. The molecule has 1 aromatic rings. The quantitative estimate of drug-likeness (QED) is 0.831. The molecule has 1 saturated carbocycles. The molecule has 94 valence electrons. The van der Waals surface area contributed by atoms with Gasteiger partial charge in [0.05, 0.1) is 0 Å². The van der Waals surface area contributed by atoms with E-state index in [1.165, 1.54) is 36.8 Å². The van der Waals surface area contributed by atoms with E-state index in [9.17, 15) is 0 Å². The van der Waals surface area contributed by atoms with Crippen LogP contribution in [-0.2, 0) is 0 Å². The minimum atomic E-state index is 0.736. The van der Waals surface area contributed by atoms with Crippen molar-refractivity contribution in [1.82, 2.24) is 5.32 Å². The van der Waals surface area contributed by atoms with E-state index in [1.807, 2.05) is 0 Å². The van der Waals surface area contributed by atoms with E-state index in [2.05, 4.69) is 44.3 Å². The lowest BCUT2D eigenvalue weighted by Crippen LogP contribution is -2.33. The first-order valence-electron chi connectivity index (χ1n) is 7.01. The summed E-state index contributed by atoms with van der Waals surface area (Å²) in [7, 11) is 0. The lowest BCUT2D eigenvalue weighted by Gasteiger charge is -2.30. The van der Waals surface area contributed by atoms with E-state index in [-0.39, 0.29) is 0 Å². The Morgan fingerprint density at radius 3 is 2.71 bits per heavy atom. The van der Waals surface area contributed by atoms with Gasteiger partial charge in [0.1, 0.15) is 0 Å². The van der Waals surface area contributed by atoms with E-state index in [0.717, 1.165) is 18.5 Å². The van der Waals surface area contributed by atoms with Crippen molar-refractivity contribution in [2.75, 3.05) is 6.54 Å². The molecule has 2 atom stereocenters. The van der Waals surface area contributed by atoms with Crippen LogP contribution in [0.4, 0.5) is 0 Å². The van der Waals surface area contributed by atoms with Gasteiger partial charge in [0.2, 0.25) is 0 Å². The van der Waals surface area contributed by atoms with Crippen molar-refractivity contribution >= 4 is 0 Å². The van der Waals surface area contributed by atoms with E-state index in [0.29, 0.717) is 0 Å². The molecule has 1 aliphatic rings. The van der Waals surface area contributed by atoms with Gasteiger partial charge in [-0.3, -0.25) is 0 Å². The van der Waals surface area contributed by atoms with Crippen LogP contribution in [0.5, 0.6) is 0 Å². The van der Waals surface area contributed by atoms with Crippen LogP contribution in [0.3, 0.4) is 0 Å². The second kappa shape index (κ2) is 5.68. The molecule has 1 fully saturated rings. The van der Waals surface area contributed by atoms with Crippen molar-refractivity contribution in [2.45, 2.75) is 58.4 Å². The van der Waals surface area contributed by atoms with E-state index in [4.69, 9.17) is 0 Å². The fraction of sp³-hybridized carbons (Fsp3) is 0.625. The van der Waals surface area contributed by atoms with Gasteiger partial charge in [0.25, 0.3) is 0 Å². The second-order valence-electron chi connectivity index (χ2n) is 5.46. The van der Waals surface area contributed by atoms with Gasteiger partial charge in [-0.2, -0.15) is 0 Å². The third-order valence-corrected chi connectivity index (χ3v) is 4.17. The highest BCUT2D eigenvalue weighted by molar-refractivity contribution is 5.32. The van der Waals surface area contributed by atoms with Crippen LogP contribution in [0.1, 0.15) is 55.2 Å². The Bertz CT molecular complexity index is 368. The Labute approximate surface area is 106 Å². The van der Waals surface area contributed by atoms with Crippen LogP contribution >= 0.6 is 0 Å². The topological polar surface area (TPSA) is 12.0 Å². The zero-order valence-corrected chi connectivity index (χ0v) is 11.4. The van der Waals surface area contributed by atoms with E-state index in [1.54, 1.807) is 5.56 Å². The van der Waals surface area contributed by atoms with E-state index < -0.39 is 0 Å². The zero-order chi connectivity index (χ0) is 12.3. The summed E-state index contributed by atoms with van der Waals surface area (Å²) in [5.41, 5.74) is 4.40. The highest BCUT2D eigenvalue weighted by Gasteiger charge is 2.22. The van der Waals surface area contributed by atoms with Crippen molar-refractivity contribution in [3.8, 4) is 0 Å². The first-order valence-corrected chi connectivity index (χ1v) is 7.01. The SMILES string of the molecule is CCNC1CCCC(c2ccc(C)c(C)c2)C1. The number of benzene rings is 1. The molecule has 0 bridgehead atoms. The van der Waals surface area contributed by atoms with Gasteiger partial charge in [-0.15, -0.1) is 0 Å². The highest BCUT2D eigenvalue weighted by Crippen LogP contribution is 2.33. The van der Waals surface area contributed by atoms with Crippen molar-refractivity contribution in [3.63, 3.8) is 0 Å². The minimum absolute atomic E-state index is 0.736. The van der Waals surface area contributed by atoms with E-state index >= 15 is 0 Å². The molecule has 1 nitrogen and oxygen atoms in total. The lowest BCUT2D eigenvalue weighted by atomic mass is 9.80. The fourth-order valence-electron chi connectivity index (χ4n) is 2.99. The zero-order valence-electron chi connectivity index (χ0n) is 11.4. The third-order valence-electron chi connectivity index (χ3n) is 4.17. The standard InChI is InChI=1S/C16H25N/c1-4-17-16-7-5-6-14(11-16)15-9-8-12(2)13(3)10-15/h8-10,14,16-17H,4-7,11H2,1-3H3. The summed E-state index contributed by atoms with van der Waals surface area (Å²) >= 11 is 0. The maximum Gasteiger partial charge on any atom is 0.00727 e. The van der Waals surface area contributed by atoms with Gasteiger partial charge in [0.15, 0.2) is 0 Å². The van der Waals surface area contributed by atoms with Crippen LogP contribution in [0.15, 0.2) is 18.2 Å². The summed E-state index contributed by atoms with van der Waals surface area (Å²) in [4.78, 5) is 0. The molecule has 0 amide bonds. The molecule has 1 heteroatoms. The third kappa shape index (κ3) is 3.10. The molecule has 0 aromatic heterocycles. The Hall–Kier alpha value is -0.820. The van der Waals surface area contributed by atoms with Crippen molar-refractivity contribution in [2.24, 2.45) is 0 Å². The lowest BCUT2D eigenvalue weighted by molar-refractivity contribution is 0.344. The molecule has 0 spiro atoms. The van der Waals surface area contributed by atoms with Gasteiger partial charge in [-0.05, 0) is 62.3 Å². The monoisotopic (exact) mass is 231 g/mol. The highest BCUT2D eigenvalue weighted by atomic mass is 14.9. The average Bonchev–Trinajstić information content (AvgIpc) is 2.33. The molecule has 0 radical (unpaired) electrons. The summed E-state index contributed by atoms with van der Waals surface area (Å²) in [6.07, 6.45) is 5.41. The molecular weight excluding hydrogens is 206 g/mol. The fourth-order valence-corrected chi connectivity index (χ4v) is 2.99.